The topological polar surface area (TPSA) is 38.3 Å². The second-order valence-electron chi connectivity index (χ2n) is 3.55. The molecule has 94 valence electrons. The largest absolute Gasteiger partial charge is 0.464 e. The van der Waals surface area contributed by atoms with Crippen LogP contribution in [0.5, 0.6) is 0 Å². The van der Waals surface area contributed by atoms with Crippen LogP contribution in [0.4, 0.5) is 5.69 Å². The Bertz CT molecular complexity index is 385. The Morgan fingerprint density at radius 3 is 2.94 bits per heavy atom. The maximum atomic E-state index is 11.4. The van der Waals surface area contributed by atoms with Gasteiger partial charge in [0.25, 0.3) is 0 Å². The first kappa shape index (κ1) is 14.8. The van der Waals surface area contributed by atoms with Crippen molar-refractivity contribution in [1.82, 2.24) is 0 Å². The molecular formula is C12H15BrINO2. The van der Waals surface area contributed by atoms with E-state index in [9.17, 15) is 4.79 Å². The Balaban J connectivity index is 2.37. The monoisotopic (exact) mass is 411 g/mol. The normalized spacial score (nSPS) is 10.1. The smallest absolute Gasteiger partial charge is 0.325 e. The van der Waals surface area contributed by atoms with E-state index >= 15 is 0 Å². The van der Waals surface area contributed by atoms with E-state index in [1.54, 1.807) is 0 Å². The molecule has 0 amide bonds. The molecule has 0 spiro atoms. The summed E-state index contributed by atoms with van der Waals surface area (Å²) < 4.78 is 7.14. The van der Waals surface area contributed by atoms with Crippen molar-refractivity contribution in [3.63, 3.8) is 0 Å². The molecule has 0 fully saturated rings. The number of ether oxygens (including phenoxy) is 1. The molecule has 0 radical (unpaired) electrons. The third kappa shape index (κ3) is 5.72. The van der Waals surface area contributed by atoms with Gasteiger partial charge in [-0.3, -0.25) is 4.79 Å². The summed E-state index contributed by atoms with van der Waals surface area (Å²) in [5.41, 5.74) is 0.901. The number of rotatable bonds is 6. The quantitative estimate of drug-likeness (QED) is 0.439. The maximum Gasteiger partial charge on any atom is 0.325 e. The van der Waals surface area contributed by atoms with Crippen LogP contribution in [0, 0.1) is 3.57 Å². The van der Waals surface area contributed by atoms with Gasteiger partial charge in [0.1, 0.15) is 6.54 Å². The van der Waals surface area contributed by atoms with E-state index in [2.05, 4.69) is 50.8 Å². The minimum Gasteiger partial charge on any atom is -0.464 e. The third-order valence-corrected chi connectivity index (χ3v) is 3.44. The number of hydrogen-bond acceptors (Lipinski definition) is 3. The van der Waals surface area contributed by atoms with Crippen LogP contribution < -0.4 is 5.32 Å². The molecule has 0 atom stereocenters. The zero-order valence-electron chi connectivity index (χ0n) is 9.63. The number of carbonyl (C=O) groups is 1. The van der Waals surface area contributed by atoms with Crippen molar-refractivity contribution in [3.8, 4) is 0 Å². The first-order valence-corrected chi connectivity index (χ1v) is 7.35. The lowest BCUT2D eigenvalue weighted by Crippen LogP contribution is -2.17. The van der Waals surface area contributed by atoms with Gasteiger partial charge in [-0.15, -0.1) is 0 Å². The van der Waals surface area contributed by atoms with Crippen LogP contribution in [-0.2, 0) is 9.53 Å². The number of carbonyl (C=O) groups excluding carboxylic acids is 1. The van der Waals surface area contributed by atoms with Crippen molar-refractivity contribution in [3.05, 3.63) is 26.2 Å². The van der Waals surface area contributed by atoms with Crippen LogP contribution >= 0.6 is 38.5 Å². The van der Waals surface area contributed by atoms with Crippen LogP contribution in [0.25, 0.3) is 0 Å². The van der Waals surface area contributed by atoms with Crippen molar-refractivity contribution in [2.45, 2.75) is 19.8 Å². The molecule has 1 aromatic rings. The summed E-state index contributed by atoms with van der Waals surface area (Å²) in [5, 5.41) is 3.04. The van der Waals surface area contributed by atoms with Crippen LogP contribution in [0.1, 0.15) is 19.8 Å². The average molecular weight is 412 g/mol. The Hall–Kier alpha value is -0.300. The van der Waals surface area contributed by atoms with E-state index in [1.165, 1.54) is 0 Å². The molecule has 0 unspecified atom stereocenters. The number of unbranched alkanes of at least 4 members (excludes halogenated alkanes) is 1. The molecule has 1 rings (SSSR count). The summed E-state index contributed by atoms with van der Waals surface area (Å²) in [6.45, 7) is 2.77. The van der Waals surface area contributed by atoms with E-state index in [1.807, 2.05) is 18.2 Å². The molecule has 0 aliphatic rings. The van der Waals surface area contributed by atoms with E-state index < -0.39 is 0 Å². The van der Waals surface area contributed by atoms with E-state index in [4.69, 9.17) is 4.74 Å². The fourth-order valence-electron chi connectivity index (χ4n) is 1.18. The van der Waals surface area contributed by atoms with Crippen molar-refractivity contribution in [2.75, 3.05) is 18.5 Å². The molecule has 0 heterocycles. The molecule has 1 N–H and O–H groups in total. The number of benzene rings is 1. The molecule has 0 bridgehead atoms. The molecule has 1 aromatic carbocycles. The highest BCUT2D eigenvalue weighted by atomic mass is 127. The zero-order valence-corrected chi connectivity index (χ0v) is 13.4. The zero-order chi connectivity index (χ0) is 12.7. The molecular weight excluding hydrogens is 397 g/mol. The van der Waals surface area contributed by atoms with Crippen LogP contribution in [-0.4, -0.2) is 19.1 Å². The Kier molecular flexibility index (Phi) is 6.87. The van der Waals surface area contributed by atoms with E-state index in [0.717, 1.165) is 26.6 Å². The molecule has 0 aliphatic heterocycles. The van der Waals surface area contributed by atoms with Gasteiger partial charge in [-0.2, -0.15) is 0 Å². The lowest BCUT2D eigenvalue weighted by Gasteiger charge is -2.08. The molecule has 3 nitrogen and oxygen atoms in total. The fraction of sp³-hybridized carbons (Fsp3) is 0.417. The highest BCUT2D eigenvalue weighted by molar-refractivity contribution is 14.1. The molecule has 5 heteroatoms. The van der Waals surface area contributed by atoms with Gasteiger partial charge in [0.2, 0.25) is 0 Å². The number of halogens is 2. The summed E-state index contributed by atoms with van der Waals surface area (Å²) in [5.74, 6) is -0.219. The van der Waals surface area contributed by atoms with Crippen LogP contribution in [0.3, 0.4) is 0 Å². The molecule has 17 heavy (non-hydrogen) atoms. The van der Waals surface area contributed by atoms with E-state index in [0.29, 0.717) is 6.61 Å². The van der Waals surface area contributed by atoms with Gasteiger partial charge in [-0.05, 0) is 63.1 Å². The first-order chi connectivity index (χ1) is 8.13. The summed E-state index contributed by atoms with van der Waals surface area (Å²) in [7, 11) is 0. The lowest BCUT2D eigenvalue weighted by atomic mass is 10.3. The predicted molar refractivity (Wildman–Crippen MR) is 81.2 cm³/mol. The van der Waals surface area contributed by atoms with Gasteiger partial charge in [-0.25, -0.2) is 0 Å². The minimum atomic E-state index is -0.219. The predicted octanol–water partition coefficient (Wildman–Crippen LogP) is 3.81. The van der Waals surface area contributed by atoms with Crippen LogP contribution in [0.2, 0.25) is 0 Å². The summed E-state index contributed by atoms with van der Waals surface area (Å²) in [6, 6.07) is 5.91. The van der Waals surface area contributed by atoms with Crippen LogP contribution in [0.15, 0.2) is 22.7 Å². The van der Waals surface area contributed by atoms with Crippen molar-refractivity contribution >= 4 is 50.2 Å². The lowest BCUT2D eigenvalue weighted by molar-refractivity contribution is -0.141. The summed E-state index contributed by atoms with van der Waals surface area (Å²) in [6.07, 6.45) is 1.95. The first-order valence-electron chi connectivity index (χ1n) is 5.48. The number of hydrogen-bond donors (Lipinski definition) is 1. The average Bonchev–Trinajstić information content (AvgIpc) is 2.28. The third-order valence-electron chi connectivity index (χ3n) is 2.12. The molecule has 0 saturated carbocycles. The summed E-state index contributed by atoms with van der Waals surface area (Å²) in [4.78, 5) is 11.4. The Labute approximate surface area is 124 Å². The van der Waals surface area contributed by atoms with Gasteiger partial charge in [-0.1, -0.05) is 13.3 Å². The minimum absolute atomic E-state index is 0.197. The van der Waals surface area contributed by atoms with Gasteiger partial charge in [0.05, 0.1) is 6.61 Å². The Morgan fingerprint density at radius 1 is 1.53 bits per heavy atom. The molecule has 0 aliphatic carbocycles. The number of nitrogens with one attached hydrogen (secondary N) is 1. The standard InChI is InChI=1S/C12H15BrINO2/c1-2-3-6-17-12(16)8-15-11-5-4-9(14)7-10(11)13/h4-5,7,15H,2-3,6,8H2,1H3. The number of anilines is 1. The second-order valence-corrected chi connectivity index (χ2v) is 5.65. The molecule has 0 aromatic heterocycles. The second kappa shape index (κ2) is 7.92. The fourth-order valence-corrected chi connectivity index (χ4v) is 2.62. The maximum absolute atomic E-state index is 11.4. The Morgan fingerprint density at radius 2 is 2.29 bits per heavy atom. The van der Waals surface area contributed by atoms with E-state index in [-0.39, 0.29) is 12.5 Å². The highest BCUT2D eigenvalue weighted by Crippen LogP contribution is 2.24. The van der Waals surface area contributed by atoms with Crippen molar-refractivity contribution < 1.29 is 9.53 Å². The van der Waals surface area contributed by atoms with Crippen molar-refractivity contribution in [1.29, 1.82) is 0 Å². The van der Waals surface area contributed by atoms with Crippen molar-refractivity contribution in [2.24, 2.45) is 0 Å². The SMILES string of the molecule is CCCCOC(=O)CNc1ccc(I)cc1Br. The van der Waals surface area contributed by atoms with Gasteiger partial charge < -0.3 is 10.1 Å². The van der Waals surface area contributed by atoms with Gasteiger partial charge in [0, 0.05) is 13.7 Å². The van der Waals surface area contributed by atoms with Gasteiger partial charge in [0.15, 0.2) is 0 Å². The summed E-state index contributed by atoms with van der Waals surface area (Å²) >= 11 is 5.68. The van der Waals surface area contributed by atoms with Gasteiger partial charge >= 0.3 is 5.97 Å². The molecule has 0 saturated heterocycles. The number of esters is 1. The highest BCUT2D eigenvalue weighted by Gasteiger charge is 2.04.